The van der Waals surface area contributed by atoms with Gasteiger partial charge in [-0.05, 0) is 54.6 Å². The molecule has 0 saturated carbocycles. The highest BCUT2D eigenvalue weighted by Gasteiger charge is 2.19. The van der Waals surface area contributed by atoms with E-state index in [4.69, 9.17) is 10.3 Å². The van der Waals surface area contributed by atoms with Crippen molar-refractivity contribution < 1.29 is 4.42 Å². The highest BCUT2D eigenvalue weighted by atomic mass is 32.2. The Hall–Kier alpha value is -3.77. The van der Waals surface area contributed by atoms with E-state index in [2.05, 4.69) is 21.3 Å². The molecule has 0 atom stereocenters. The van der Waals surface area contributed by atoms with E-state index in [0.29, 0.717) is 28.0 Å². The summed E-state index contributed by atoms with van der Waals surface area (Å²) in [5, 5.41) is 19.3. The number of para-hydroxylation sites is 2. The highest BCUT2D eigenvalue weighted by molar-refractivity contribution is 7.99. The van der Waals surface area contributed by atoms with E-state index >= 15 is 0 Å². The zero-order chi connectivity index (χ0) is 19.3. The number of imidazole rings is 1. The van der Waals surface area contributed by atoms with E-state index in [1.807, 2.05) is 41.7 Å². The van der Waals surface area contributed by atoms with Crippen LogP contribution >= 0.6 is 11.8 Å². The lowest BCUT2D eigenvalue weighted by molar-refractivity contribution is 0.574. The van der Waals surface area contributed by atoms with E-state index in [0.717, 1.165) is 21.6 Å². The van der Waals surface area contributed by atoms with E-state index < -0.39 is 0 Å². The molecule has 4 aromatic heterocycles. The van der Waals surface area contributed by atoms with Crippen molar-refractivity contribution in [3.63, 3.8) is 0 Å². The number of aromatic nitrogens is 5. The van der Waals surface area contributed by atoms with Crippen LogP contribution in [0.1, 0.15) is 11.1 Å². The number of benzene rings is 1. The minimum absolute atomic E-state index is 0.435. The van der Waals surface area contributed by atoms with Crippen LogP contribution in [0, 0.1) is 18.3 Å². The molecule has 2 N–H and O–H groups in total. The predicted octanol–water partition coefficient (Wildman–Crippen LogP) is 3.38. The van der Waals surface area contributed by atoms with Gasteiger partial charge in [-0.25, -0.2) is 9.66 Å². The number of nitrogens with two attached hydrogens (primary N) is 1. The smallest absolute Gasteiger partial charge is 0.218 e. The Morgan fingerprint density at radius 1 is 1.18 bits per heavy atom. The number of nitrogens with zero attached hydrogens (tertiary/aromatic N) is 6. The molecule has 0 aliphatic heterocycles. The zero-order valence-electron chi connectivity index (χ0n) is 14.7. The van der Waals surface area contributed by atoms with Crippen LogP contribution in [0.5, 0.6) is 0 Å². The number of pyridine rings is 1. The Morgan fingerprint density at radius 3 is 2.82 bits per heavy atom. The number of furan rings is 1. The maximum absolute atomic E-state index is 9.61. The minimum Gasteiger partial charge on any atom is -0.461 e. The lowest BCUT2D eigenvalue weighted by atomic mass is 10.2. The number of fused-ring (bicyclic) bond motifs is 3. The molecule has 9 heteroatoms. The Morgan fingerprint density at radius 2 is 2.04 bits per heavy atom. The van der Waals surface area contributed by atoms with Gasteiger partial charge in [-0.1, -0.05) is 12.1 Å². The van der Waals surface area contributed by atoms with E-state index in [1.165, 1.54) is 16.4 Å². The second kappa shape index (κ2) is 6.14. The molecule has 8 nitrogen and oxygen atoms in total. The Bertz CT molecular complexity index is 1380. The van der Waals surface area contributed by atoms with Gasteiger partial charge in [0.05, 0.1) is 27.9 Å². The number of nitriles is 1. The van der Waals surface area contributed by atoms with Crippen molar-refractivity contribution >= 4 is 28.4 Å². The van der Waals surface area contributed by atoms with Crippen molar-refractivity contribution in [2.45, 2.75) is 17.1 Å². The molecule has 28 heavy (non-hydrogen) atoms. The van der Waals surface area contributed by atoms with Crippen LogP contribution in [-0.2, 0) is 0 Å². The summed E-state index contributed by atoms with van der Waals surface area (Å²) in [5.41, 5.74) is 3.72. The number of nitrogen functional groups attached to an aromatic ring is 1. The Kier molecular flexibility index (Phi) is 3.60. The van der Waals surface area contributed by atoms with Gasteiger partial charge in [-0.15, -0.1) is 10.2 Å². The first-order valence-electron chi connectivity index (χ1n) is 8.40. The molecular weight excluding hydrogens is 374 g/mol. The fourth-order valence-corrected chi connectivity index (χ4v) is 4.11. The van der Waals surface area contributed by atoms with Crippen LogP contribution in [0.25, 0.3) is 28.3 Å². The van der Waals surface area contributed by atoms with Crippen LogP contribution in [-0.4, -0.2) is 24.3 Å². The number of rotatable bonds is 3. The molecule has 5 aromatic rings. The summed E-state index contributed by atoms with van der Waals surface area (Å²) in [6.45, 7) is 1.89. The van der Waals surface area contributed by atoms with Gasteiger partial charge in [-0.3, -0.25) is 4.40 Å². The minimum atomic E-state index is 0.435. The first-order chi connectivity index (χ1) is 13.7. The van der Waals surface area contributed by atoms with Crippen molar-refractivity contribution in [2.24, 2.45) is 0 Å². The standard InChI is InChI=1S/C19H13N7OS/c1-11-9-16(28-19-24-23-18(26(19)21)15-7-4-8-27-15)25-14-6-3-2-5-13(14)22-17(25)12(11)10-20/h2-9H,21H2,1H3. The van der Waals surface area contributed by atoms with Crippen molar-refractivity contribution in [2.75, 3.05) is 5.84 Å². The zero-order valence-corrected chi connectivity index (χ0v) is 15.5. The molecule has 0 spiro atoms. The van der Waals surface area contributed by atoms with E-state index in [1.54, 1.807) is 18.4 Å². The number of aryl methyl sites for hydroxylation is 1. The normalized spacial score (nSPS) is 11.3. The van der Waals surface area contributed by atoms with Crippen molar-refractivity contribution in [3.8, 4) is 17.7 Å². The third kappa shape index (κ3) is 2.35. The first kappa shape index (κ1) is 16.4. The molecule has 4 heterocycles. The third-order valence-corrected chi connectivity index (χ3v) is 5.42. The molecule has 0 aliphatic rings. The van der Waals surface area contributed by atoms with Gasteiger partial charge in [0.15, 0.2) is 11.4 Å². The lowest BCUT2D eigenvalue weighted by Gasteiger charge is -2.09. The summed E-state index contributed by atoms with van der Waals surface area (Å²) in [5.74, 6) is 7.17. The van der Waals surface area contributed by atoms with Gasteiger partial charge < -0.3 is 10.3 Å². The first-order valence-corrected chi connectivity index (χ1v) is 9.22. The molecule has 0 radical (unpaired) electrons. The average molecular weight is 387 g/mol. The van der Waals surface area contributed by atoms with Crippen molar-refractivity contribution in [3.05, 3.63) is 59.9 Å². The molecule has 0 aliphatic carbocycles. The van der Waals surface area contributed by atoms with Crippen LogP contribution in [0.2, 0.25) is 0 Å². The van der Waals surface area contributed by atoms with Gasteiger partial charge >= 0.3 is 0 Å². The summed E-state index contributed by atoms with van der Waals surface area (Å²) >= 11 is 1.35. The second-order valence-corrected chi connectivity index (χ2v) is 7.16. The summed E-state index contributed by atoms with van der Waals surface area (Å²) in [7, 11) is 0. The van der Waals surface area contributed by atoms with Gasteiger partial charge in [0, 0.05) is 0 Å². The number of hydrogen-bond donors (Lipinski definition) is 1. The molecular formula is C19H13N7OS. The van der Waals surface area contributed by atoms with Crippen LogP contribution in [0.15, 0.2) is 63.3 Å². The average Bonchev–Trinajstić information content (AvgIpc) is 3.41. The molecule has 0 bridgehead atoms. The molecule has 5 rings (SSSR count). The van der Waals surface area contributed by atoms with Gasteiger partial charge in [0.1, 0.15) is 6.07 Å². The maximum atomic E-state index is 9.61. The summed E-state index contributed by atoms with van der Waals surface area (Å²) in [6.07, 6.45) is 1.56. The van der Waals surface area contributed by atoms with Crippen LogP contribution in [0.4, 0.5) is 0 Å². The van der Waals surface area contributed by atoms with E-state index in [9.17, 15) is 5.26 Å². The van der Waals surface area contributed by atoms with E-state index in [-0.39, 0.29) is 0 Å². The summed E-state index contributed by atoms with van der Waals surface area (Å²) < 4.78 is 8.71. The highest BCUT2D eigenvalue weighted by Crippen LogP contribution is 2.33. The largest absolute Gasteiger partial charge is 0.461 e. The predicted molar refractivity (Wildman–Crippen MR) is 104 cm³/mol. The quantitative estimate of drug-likeness (QED) is 0.472. The lowest BCUT2D eigenvalue weighted by Crippen LogP contribution is -2.11. The number of hydrogen-bond acceptors (Lipinski definition) is 7. The van der Waals surface area contributed by atoms with Crippen molar-refractivity contribution in [1.29, 1.82) is 5.26 Å². The van der Waals surface area contributed by atoms with Gasteiger partial charge in [0.25, 0.3) is 0 Å². The molecule has 136 valence electrons. The Labute approximate surface area is 163 Å². The van der Waals surface area contributed by atoms with Gasteiger partial charge in [-0.2, -0.15) is 5.26 Å². The molecule has 0 saturated heterocycles. The molecule has 1 aromatic carbocycles. The fraction of sp³-hybridized carbons (Fsp3) is 0.0526. The SMILES string of the molecule is Cc1cc(Sc2nnc(-c3ccco3)n2N)n2c(nc3ccccc32)c1C#N. The molecule has 0 unspecified atom stereocenters. The molecule has 0 fully saturated rings. The molecule has 0 amide bonds. The fourth-order valence-electron chi connectivity index (χ4n) is 3.14. The monoisotopic (exact) mass is 387 g/mol. The van der Waals surface area contributed by atoms with Crippen LogP contribution < -0.4 is 5.84 Å². The van der Waals surface area contributed by atoms with Crippen LogP contribution in [0.3, 0.4) is 0 Å². The summed E-state index contributed by atoms with van der Waals surface area (Å²) in [4.78, 5) is 4.66. The second-order valence-electron chi connectivity index (χ2n) is 6.17. The van der Waals surface area contributed by atoms with Gasteiger partial charge in [0.2, 0.25) is 11.0 Å². The Balaban J connectivity index is 1.71. The topological polar surface area (TPSA) is 111 Å². The van der Waals surface area contributed by atoms with Crippen molar-refractivity contribution in [1.82, 2.24) is 24.3 Å². The third-order valence-electron chi connectivity index (χ3n) is 4.45. The summed E-state index contributed by atoms with van der Waals surface area (Å²) in [6, 6.07) is 15.5. The maximum Gasteiger partial charge on any atom is 0.218 e.